The number of aromatic hydroxyl groups is 1. The van der Waals surface area contributed by atoms with Gasteiger partial charge in [-0.25, -0.2) is 4.79 Å². The molecule has 17 N–H and O–H groups in total. The minimum atomic E-state index is -1.62. The molecule has 3 saturated heterocycles. The molecule has 0 spiro atoms. The first kappa shape index (κ1) is 81.8. The van der Waals surface area contributed by atoms with Crippen LogP contribution >= 0.6 is 37.0 Å². The van der Waals surface area contributed by atoms with Crippen molar-refractivity contribution in [3.8, 4) is 5.75 Å². The van der Waals surface area contributed by atoms with E-state index in [0.29, 0.717) is 55.4 Å². The molecule has 0 aromatic heterocycles. The van der Waals surface area contributed by atoms with E-state index < -0.39 is 161 Å². The average Bonchev–Trinajstić information content (AvgIpc) is 1.75. The second kappa shape index (κ2) is 40.4. The number of nitrogens with one attached hydrogen (secondary N) is 8. The third-order valence-electron chi connectivity index (χ3n) is 18.2. The van der Waals surface area contributed by atoms with Crippen LogP contribution in [0.15, 0.2) is 59.6 Å². The Kier molecular flexibility index (Phi) is 33.4. The SMILES string of the molecule is CC[C@H](C)[C@H](NC(=O)[C@@H](N)CCCN=C(N)N)C(=O)N[C@@H](CS)C(=O)N[C@H](C(=O)N1CCC[C@H]1C(=O)N[C@H](C(=O)N1CCC[C@H]1C(=O)N[C@@H](Cc1ccccc1)C(=O)N1CCC[C@H]1C(=O)N[C@@H](CCSC)C(=O)N[C@@H](CS)C(=O)N[C@@H](Cc1ccc(O)cc1)C(=O)O)[C@@H](C)CC)[C@@H](C)O. The van der Waals surface area contributed by atoms with Gasteiger partial charge in [-0.1, -0.05) is 83.0 Å². The van der Waals surface area contributed by atoms with Crippen LogP contribution in [0.1, 0.15) is 116 Å². The number of hydrogen-bond donors (Lipinski definition) is 16. The number of carboxylic acids is 1. The van der Waals surface area contributed by atoms with Gasteiger partial charge < -0.3 is 89.8 Å². The van der Waals surface area contributed by atoms with Gasteiger partial charge in [-0.2, -0.15) is 37.0 Å². The van der Waals surface area contributed by atoms with Crippen molar-refractivity contribution in [3.63, 3.8) is 0 Å². The van der Waals surface area contributed by atoms with Crippen LogP contribution in [0.2, 0.25) is 0 Å². The van der Waals surface area contributed by atoms with Crippen molar-refractivity contribution in [1.29, 1.82) is 0 Å². The smallest absolute Gasteiger partial charge is 0.326 e. The minimum Gasteiger partial charge on any atom is -0.508 e. The highest BCUT2D eigenvalue weighted by atomic mass is 32.2. The second-order valence-electron chi connectivity index (χ2n) is 25.4. The Morgan fingerprint density at radius 3 is 1.51 bits per heavy atom. The molecule has 3 heterocycles. The van der Waals surface area contributed by atoms with Crippen molar-refractivity contribution in [2.24, 2.45) is 34.0 Å². The Hall–Kier alpha value is -7.88. The van der Waals surface area contributed by atoms with Gasteiger partial charge >= 0.3 is 5.97 Å². The molecule has 15 atom stereocenters. The number of aliphatic carboxylic acids is 1. The van der Waals surface area contributed by atoms with Crippen molar-refractivity contribution in [1.82, 2.24) is 57.2 Å². The lowest BCUT2D eigenvalue weighted by Crippen LogP contribution is -2.62. The fourth-order valence-electron chi connectivity index (χ4n) is 12.0. The van der Waals surface area contributed by atoms with E-state index in [1.807, 2.05) is 13.8 Å². The first-order chi connectivity index (χ1) is 47.1. The number of amides is 11. The molecule has 2 aromatic rings. The largest absolute Gasteiger partial charge is 0.508 e. The Labute approximate surface area is 593 Å². The molecule has 3 aliphatic heterocycles. The lowest BCUT2D eigenvalue weighted by atomic mass is 9.96. The number of carboxylic acid groups (broad SMARTS) is 1. The molecule has 3 fully saturated rings. The monoisotopic (exact) mass is 1440 g/mol. The fraction of sp³-hybridized carbons (Fsp3) is 0.621. The Morgan fingerprint density at radius 1 is 0.556 bits per heavy atom. The first-order valence-electron chi connectivity index (χ1n) is 33.7. The Bertz CT molecular complexity index is 3130. The van der Waals surface area contributed by atoms with E-state index in [9.17, 15) is 72.9 Å². The molecule has 0 radical (unpaired) electrons. The van der Waals surface area contributed by atoms with Crippen molar-refractivity contribution in [2.45, 2.75) is 197 Å². The number of aliphatic hydroxyl groups excluding tert-OH is 1. The maximum absolute atomic E-state index is 15.0. The summed E-state index contributed by atoms with van der Waals surface area (Å²) < 4.78 is 0. The molecule has 0 bridgehead atoms. The highest BCUT2D eigenvalue weighted by Gasteiger charge is 2.46. The highest BCUT2D eigenvalue weighted by molar-refractivity contribution is 7.98. The van der Waals surface area contributed by atoms with Gasteiger partial charge in [-0.3, -0.25) is 57.7 Å². The molecule has 99 heavy (non-hydrogen) atoms. The van der Waals surface area contributed by atoms with E-state index in [2.05, 4.69) is 72.8 Å². The van der Waals surface area contributed by atoms with Gasteiger partial charge in [0, 0.05) is 50.5 Å². The number of carbonyl (C=O) groups excluding carboxylic acids is 11. The van der Waals surface area contributed by atoms with E-state index in [1.54, 1.807) is 50.4 Å². The van der Waals surface area contributed by atoms with Gasteiger partial charge in [0.2, 0.25) is 65.0 Å². The molecule has 2 aromatic carbocycles. The third-order valence-corrected chi connectivity index (χ3v) is 19.6. The molecular formula is C66H101N15O15S3. The summed E-state index contributed by atoms with van der Waals surface area (Å²) in [5.74, 6) is -10.4. The third kappa shape index (κ3) is 23.9. The topological polar surface area (TPSA) is 462 Å². The van der Waals surface area contributed by atoms with E-state index in [1.165, 1.54) is 57.7 Å². The summed E-state index contributed by atoms with van der Waals surface area (Å²) in [6, 6.07) is -0.307. The molecule has 0 aliphatic carbocycles. The number of phenols is 1. The zero-order valence-electron chi connectivity index (χ0n) is 57.1. The van der Waals surface area contributed by atoms with Crippen molar-refractivity contribution in [3.05, 3.63) is 65.7 Å². The molecule has 0 unspecified atom stereocenters. The minimum absolute atomic E-state index is 0.0179. The van der Waals surface area contributed by atoms with Gasteiger partial charge in [-0.15, -0.1) is 0 Å². The van der Waals surface area contributed by atoms with Gasteiger partial charge in [0.25, 0.3) is 0 Å². The summed E-state index contributed by atoms with van der Waals surface area (Å²) in [6.07, 6.45) is 3.30. The van der Waals surface area contributed by atoms with Crippen LogP contribution in [-0.4, -0.2) is 235 Å². The molecule has 0 saturated carbocycles. The zero-order valence-corrected chi connectivity index (χ0v) is 59.7. The number of nitrogens with zero attached hydrogens (tertiary/aromatic N) is 4. The molecule has 33 heteroatoms. The van der Waals surface area contributed by atoms with Crippen molar-refractivity contribution < 1.29 is 72.9 Å². The molecule has 3 aliphatic rings. The van der Waals surface area contributed by atoms with E-state index >= 15 is 0 Å². The number of aliphatic imine (C=N–C) groups is 1. The number of hydrogen-bond acceptors (Lipinski definition) is 19. The number of guanidine groups is 1. The molecule has 5 rings (SSSR count). The number of aliphatic hydroxyl groups is 1. The molecule has 30 nitrogen and oxygen atoms in total. The quantitative estimate of drug-likeness (QED) is 0.0159. The number of likely N-dealkylation sites (tertiary alicyclic amines) is 3. The average molecular weight is 1440 g/mol. The van der Waals surface area contributed by atoms with Crippen LogP contribution < -0.4 is 59.7 Å². The summed E-state index contributed by atoms with van der Waals surface area (Å²) in [5.41, 5.74) is 18.1. The van der Waals surface area contributed by atoms with Crippen molar-refractivity contribution in [2.75, 3.05) is 49.7 Å². The molecular weight excluding hydrogens is 1340 g/mol. The lowest BCUT2D eigenvalue weighted by molar-refractivity contribution is -0.147. The number of thioether (sulfide) groups is 1. The predicted octanol–water partition coefficient (Wildman–Crippen LogP) is -1.42. The van der Waals surface area contributed by atoms with Crippen LogP contribution in [0.5, 0.6) is 5.75 Å². The van der Waals surface area contributed by atoms with Gasteiger partial charge in [-0.05, 0) is 112 Å². The Morgan fingerprint density at radius 2 is 1.00 bits per heavy atom. The van der Waals surface area contributed by atoms with Crippen molar-refractivity contribution >= 4 is 114 Å². The van der Waals surface area contributed by atoms with Gasteiger partial charge in [0.1, 0.15) is 72.2 Å². The van der Waals surface area contributed by atoms with Crippen LogP contribution in [0.4, 0.5) is 0 Å². The normalized spacial score (nSPS) is 19.5. The van der Waals surface area contributed by atoms with Gasteiger partial charge in [0.05, 0.1) is 12.1 Å². The first-order valence-corrected chi connectivity index (χ1v) is 36.3. The number of benzene rings is 2. The van der Waals surface area contributed by atoms with Crippen LogP contribution in [-0.2, 0) is 70.4 Å². The number of nitrogens with two attached hydrogens (primary N) is 3. The van der Waals surface area contributed by atoms with E-state index in [0.717, 1.165) is 0 Å². The van der Waals surface area contributed by atoms with Crippen LogP contribution in [0, 0.1) is 11.8 Å². The summed E-state index contributed by atoms with van der Waals surface area (Å²) in [4.78, 5) is 176. The summed E-state index contributed by atoms with van der Waals surface area (Å²) in [5, 5.41) is 52.0. The fourth-order valence-corrected chi connectivity index (χ4v) is 13.0. The van der Waals surface area contributed by atoms with E-state index in [-0.39, 0.29) is 94.3 Å². The number of thiol groups is 2. The summed E-state index contributed by atoms with van der Waals surface area (Å²) in [7, 11) is 0. The molecule has 11 amide bonds. The standard InChI is InChI=1S/C66H101N15O15S3/c1-7-36(3)51(76-54(84)42(67)18-12-27-70-66(68)69)61(91)75-47(35-98)57(87)78-53(38(5)82)64(94)81-30-15-21-50(81)60(90)77-52(37(4)8-2)63(93)80-29-14-20-49(80)59(89)72-44(32-39-16-10-9-11-17-39)62(92)79-28-13-19-48(79)58(88)71-43(26-31-99-6)55(85)74-46(34-97)56(86)73-45(65(95)96)33-40-22-24-41(83)25-23-40/h9-11,16-17,22-25,36-38,42-53,82-83,97-98H,7-8,12-15,18-21,26-35,67H2,1-6H3,(H,71,88)(H,72,89)(H,73,86)(H,74,85)(H,75,91)(H,76,84)(H,77,90)(H,78,87)(H,95,96)(H4,68,69,70)/t36-,37-,38+,42-,43-,44-,45-,46-,47-,48-,49-,50-,51-,52-,53-/m0/s1. The highest BCUT2D eigenvalue weighted by Crippen LogP contribution is 2.26. The maximum atomic E-state index is 15.0. The number of rotatable bonds is 38. The number of carbonyl (C=O) groups is 12. The Balaban J connectivity index is 1.27. The van der Waals surface area contributed by atoms with E-state index in [4.69, 9.17) is 17.2 Å². The predicted molar refractivity (Wildman–Crippen MR) is 378 cm³/mol. The maximum Gasteiger partial charge on any atom is 0.326 e. The van der Waals surface area contributed by atoms with Crippen LogP contribution in [0.3, 0.4) is 0 Å². The van der Waals surface area contributed by atoms with Crippen LogP contribution in [0.25, 0.3) is 0 Å². The zero-order chi connectivity index (χ0) is 73.2. The van der Waals surface area contributed by atoms with Gasteiger partial charge in [0.15, 0.2) is 5.96 Å². The number of phenolic OH excluding ortho intramolecular Hbond substituents is 1. The second-order valence-corrected chi connectivity index (χ2v) is 27.2. The lowest BCUT2D eigenvalue weighted by Gasteiger charge is -2.35. The molecule has 548 valence electrons. The summed E-state index contributed by atoms with van der Waals surface area (Å²) in [6.45, 7) is 8.88. The summed E-state index contributed by atoms with van der Waals surface area (Å²) >= 11 is 9.95.